The van der Waals surface area contributed by atoms with E-state index in [4.69, 9.17) is 0 Å². The molecular weight excluding hydrogens is 298 g/mol. The van der Waals surface area contributed by atoms with Gasteiger partial charge in [0.05, 0.1) is 23.4 Å². The number of benzene rings is 1. The molecule has 4 nitrogen and oxygen atoms in total. The minimum Gasteiger partial charge on any atom is -0.391 e. The standard InChI is InChI=1S/C13H12BrNO3/c14-7-4-5-8-10(6-7)15(13(18)12(8)17)9-2-1-3-11(9)16/h4-6,9,11,16H,1-3H2/t9-,11-/m0/s1. The van der Waals surface area contributed by atoms with Gasteiger partial charge >= 0.3 is 0 Å². The Kier molecular flexibility index (Phi) is 2.75. The summed E-state index contributed by atoms with van der Waals surface area (Å²) in [4.78, 5) is 25.4. The highest BCUT2D eigenvalue weighted by Gasteiger charge is 2.43. The van der Waals surface area contributed by atoms with Crippen LogP contribution in [0.25, 0.3) is 0 Å². The lowest BCUT2D eigenvalue weighted by Crippen LogP contribution is -2.43. The lowest BCUT2D eigenvalue weighted by Gasteiger charge is -2.26. The van der Waals surface area contributed by atoms with E-state index in [1.165, 1.54) is 4.90 Å². The Bertz CT molecular complexity index is 543. The number of halogens is 1. The van der Waals surface area contributed by atoms with Crippen molar-refractivity contribution in [3.63, 3.8) is 0 Å². The van der Waals surface area contributed by atoms with Crippen LogP contribution in [0.4, 0.5) is 5.69 Å². The van der Waals surface area contributed by atoms with Crippen LogP contribution >= 0.6 is 15.9 Å². The molecule has 0 aromatic heterocycles. The van der Waals surface area contributed by atoms with Gasteiger partial charge in [-0.15, -0.1) is 0 Å². The zero-order chi connectivity index (χ0) is 12.9. The maximum Gasteiger partial charge on any atom is 0.299 e. The molecule has 1 saturated carbocycles. The third-order valence-corrected chi connectivity index (χ3v) is 4.15. The summed E-state index contributed by atoms with van der Waals surface area (Å²) in [6, 6.07) is 4.90. The van der Waals surface area contributed by atoms with E-state index in [1.807, 2.05) is 0 Å². The van der Waals surface area contributed by atoms with Gasteiger partial charge < -0.3 is 5.11 Å². The monoisotopic (exact) mass is 309 g/mol. The molecule has 0 unspecified atom stereocenters. The second-order valence-electron chi connectivity index (χ2n) is 4.73. The number of hydrogen-bond donors (Lipinski definition) is 1. The van der Waals surface area contributed by atoms with Gasteiger partial charge in [-0.2, -0.15) is 0 Å². The van der Waals surface area contributed by atoms with Crippen molar-refractivity contribution in [2.24, 2.45) is 0 Å². The molecule has 1 aromatic carbocycles. The number of rotatable bonds is 1. The van der Waals surface area contributed by atoms with Crippen molar-refractivity contribution in [2.75, 3.05) is 4.90 Å². The van der Waals surface area contributed by atoms with E-state index in [2.05, 4.69) is 15.9 Å². The third kappa shape index (κ3) is 1.61. The highest BCUT2D eigenvalue weighted by Crippen LogP contribution is 2.37. The predicted octanol–water partition coefficient (Wildman–Crippen LogP) is 1.89. The third-order valence-electron chi connectivity index (χ3n) is 3.65. The van der Waals surface area contributed by atoms with Crippen molar-refractivity contribution >= 4 is 33.3 Å². The summed E-state index contributed by atoms with van der Waals surface area (Å²) in [5, 5.41) is 9.93. The normalized spacial score (nSPS) is 26.9. The Morgan fingerprint density at radius 3 is 2.72 bits per heavy atom. The van der Waals surface area contributed by atoms with E-state index in [1.54, 1.807) is 18.2 Å². The van der Waals surface area contributed by atoms with Gasteiger partial charge in [0.1, 0.15) is 0 Å². The van der Waals surface area contributed by atoms with Gasteiger partial charge in [-0.25, -0.2) is 0 Å². The van der Waals surface area contributed by atoms with Crippen molar-refractivity contribution in [2.45, 2.75) is 31.4 Å². The van der Waals surface area contributed by atoms with E-state index in [9.17, 15) is 14.7 Å². The van der Waals surface area contributed by atoms with Gasteiger partial charge in [0.15, 0.2) is 0 Å². The lowest BCUT2D eigenvalue weighted by atomic mass is 10.1. The average molecular weight is 310 g/mol. The first kappa shape index (κ1) is 11.9. The number of nitrogens with zero attached hydrogens (tertiary/aromatic N) is 1. The average Bonchev–Trinajstić information content (AvgIpc) is 2.84. The van der Waals surface area contributed by atoms with E-state index in [-0.39, 0.29) is 6.04 Å². The molecule has 5 heteroatoms. The van der Waals surface area contributed by atoms with Crippen molar-refractivity contribution in [3.05, 3.63) is 28.2 Å². The lowest BCUT2D eigenvalue weighted by molar-refractivity contribution is -0.115. The molecule has 0 spiro atoms. The van der Waals surface area contributed by atoms with Crippen LogP contribution < -0.4 is 4.90 Å². The number of carbonyl (C=O) groups excluding carboxylic acids is 2. The SMILES string of the molecule is O=C1C(=O)N([C@H]2CCC[C@@H]2O)c2cc(Br)ccc21. The quantitative estimate of drug-likeness (QED) is 0.806. The van der Waals surface area contributed by atoms with Crippen LogP contribution in [0.3, 0.4) is 0 Å². The zero-order valence-electron chi connectivity index (χ0n) is 9.60. The number of anilines is 1. The van der Waals surface area contributed by atoms with Crippen LogP contribution in [0.5, 0.6) is 0 Å². The summed E-state index contributed by atoms with van der Waals surface area (Å²) in [6.45, 7) is 0. The molecule has 1 heterocycles. The van der Waals surface area contributed by atoms with Gasteiger partial charge in [0.2, 0.25) is 0 Å². The molecule has 2 aliphatic rings. The minimum absolute atomic E-state index is 0.267. The number of Topliss-reactive ketones (excluding diaryl/α,β-unsaturated/α-hetero) is 1. The number of amides is 1. The second-order valence-corrected chi connectivity index (χ2v) is 5.65. The molecule has 2 atom stereocenters. The highest BCUT2D eigenvalue weighted by molar-refractivity contribution is 9.10. The molecule has 1 N–H and O–H groups in total. The second kappa shape index (κ2) is 4.17. The summed E-state index contributed by atoms with van der Waals surface area (Å²) in [6.07, 6.45) is 1.78. The maximum atomic E-state index is 12.1. The van der Waals surface area contributed by atoms with Crippen molar-refractivity contribution in [1.29, 1.82) is 0 Å². The number of ketones is 1. The molecule has 1 fully saturated rings. The van der Waals surface area contributed by atoms with Crippen molar-refractivity contribution in [3.8, 4) is 0 Å². The molecule has 94 valence electrons. The van der Waals surface area contributed by atoms with Crippen LogP contribution in [0, 0.1) is 0 Å². The highest BCUT2D eigenvalue weighted by atomic mass is 79.9. The summed E-state index contributed by atoms with van der Waals surface area (Å²) < 4.78 is 0.821. The van der Waals surface area contributed by atoms with Gasteiger partial charge in [-0.05, 0) is 37.5 Å². The van der Waals surface area contributed by atoms with Crippen LogP contribution in [-0.2, 0) is 4.79 Å². The first-order chi connectivity index (χ1) is 8.59. The molecular formula is C13H12BrNO3. The minimum atomic E-state index is -0.535. The largest absolute Gasteiger partial charge is 0.391 e. The zero-order valence-corrected chi connectivity index (χ0v) is 11.2. The topological polar surface area (TPSA) is 57.6 Å². The first-order valence-electron chi connectivity index (χ1n) is 5.95. The van der Waals surface area contributed by atoms with Gasteiger partial charge in [0, 0.05) is 4.47 Å². The first-order valence-corrected chi connectivity index (χ1v) is 6.74. The van der Waals surface area contributed by atoms with Crippen molar-refractivity contribution in [1.82, 2.24) is 0 Å². The molecule has 0 radical (unpaired) electrons. The Balaban J connectivity index is 2.09. The van der Waals surface area contributed by atoms with E-state index < -0.39 is 17.8 Å². The summed E-state index contributed by atoms with van der Waals surface area (Å²) in [7, 11) is 0. The van der Waals surface area contributed by atoms with Gasteiger partial charge in [0.25, 0.3) is 11.7 Å². The Morgan fingerprint density at radius 1 is 1.28 bits per heavy atom. The van der Waals surface area contributed by atoms with Crippen LogP contribution in [0.1, 0.15) is 29.6 Å². The van der Waals surface area contributed by atoms with Gasteiger partial charge in [-0.1, -0.05) is 15.9 Å². The smallest absolute Gasteiger partial charge is 0.299 e. The molecule has 0 saturated heterocycles. The number of carbonyl (C=O) groups is 2. The summed E-state index contributed by atoms with van der Waals surface area (Å²) >= 11 is 3.34. The fourth-order valence-corrected chi connectivity index (χ4v) is 3.13. The molecule has 1 aliphatic heterocycles. The number of aliphatic hydroxyl groups excluding tert-OH is 1. The Hall–Kier alpha value is -1.20. The molecule has 3 rings (SSSR count). The summed E-state index contributed by atoms with van der Waals surface area (Å²) in [5.41, 5.74) is 1.05. The Labute approximate surface area is 113 Å². The number of aliphatic hydroxyl groups is 1. The fraction of sp³-hybridized carbons (Fsp3) is 0.385. The van der Waals surface area contributed by atoms with E-state index in [0.29, 0.717) is 17.7 Å². The molecule has 1 aliphatic carbocycles. The summed E-state index contributed by atoms with van der Waals surface area (Å²) in [5.74, 6) is -0.995. The molecule has 18 heavy (non-hydrogen) atoms. The van der Waals surface area contributed by atoms with Crippen molar-refractivity contribution < 1.29 is 14.7 Å². The Morgan fingerprint density at radius 2 is 2.06 bits per heavy atom. The van der Waals surface area contributed by atoms with Crippen LogP contribution in [0.2, 0.25) is 0 Å². The van der Waals surface area contributed by atoms with Gasteiger partial charge in [-0.3, -0.25) is 14.5 Å². The number of hydrogen-bond acceptors (Lipinski definition) is 3. The molecule has 1 aromatic rings. The predicted molar refractivity (Wildman–Crippen MR) is 69.6 cm³/mol. The fourth-order valence-electron chi connectivity index (χ4n) is 2.78. The maximum absolute atomic E-state index is 12.1. The van der Waals surface area contributed by atoms with Crippen LogP contribution in [0.15, 0.2) is 22.7 Å². The molecule has 1 amide bonds. The van der Waals surface area contributed by atoms with Crippen LogP contribution in [-0.4, -0.2) is 28.9 Å². The van der Waals surface area contributed by atoms with E-state index in [0.717, 1.165) is 17.3 Å². The number of fused-ring (bicyclic) bond motifs is 1. The molecule has 0 bridgehead atoms. The van der Waals surface area contributed by atoms with E-state index >= 15 is 0 Å².